The molecule has 0 saturated heterocycles. The summed E-state index contributed by atoms with van der Waals surface area (Å²) in [4.78, 5) is 10.2. The van der Waals surface area contributed by atoms with E-state index in [1.165, 1.54) is 6.07 Å². The van der Waals surface area contributed by atoms with Gasteiger partial charge < -0.3 is 10.5 Å². The van der Waals surface area contributed by atoms with Crippen LogP contribution in [0.25, 0.3) is 0 Å². The number of halogens is 1. The van der Waals surface area contributed by atoms with Crippen LogP contribution in [-0.2, 0) is 11.2 Å². The largest absolute Gasteiger partial charge is 0.449 e. The van der Waals surface area contributed by atoms with Crippen LogP contribution in [0.3, 0.4) is 0 Å². The molecule has 0 spiro atoms. The lowest BCUT2D eigenvalue weighted by molar-refractivity contribution is 0.158. The molecule has 1 aromatic rings. The Labute approximate surface area is 75.3 Å². The molecule has 0 aliphatic heterocycles. The van der Waals surface area contributed by atoms with Crippen molar-refractivity contribution >= 4 is 6.09 Å². The maximum Gasteiger partial charge on any atom is 0.404 e. The van der Waals surface area contributed by atoms with E-state index >= 15 is 0 Å². The molecule has 0 fully saturated rings. The van der Waals surface area contributed by atoms with Gasteiger partial charge >= 0.3 is 6.09 Å². The molecule has 0 radical (unpaired) electrons. The van der Waals surface area contributed by atoms with E-state index in [-0.39, 0.29) is 12.4 Å². The summed E-state index contributed by atoms with van der Waals surface area (Å²) in [6.45, 7) is 0.107. The zero-order valence-electron chi connectivity index (χ0n) is 7.00. The van der Waals surface area contributed by atoms with Crippen molar-refractivity contribution in [3.63, 3.8) is 0 Å². The third kappa shape index (κ3) is 3.11. The number of amides is 1. The molecule has 0 bridgehead atoms. The zero-order chi connectivity index (χ0) is 9.68. The van der Waals surface area contributed by atoms with Crippen molar-refractivity contribution in [2.24, 2.45) is 5.73 Å². The fourth-order valence-electron chi connectivity index (χ4n) is 0.963. The highest BCUT2D eigenvalue weighted by Crippen LogP contribution is 2.06. The van der Waals surface area contributed by atoms with E-state index < -0.39 is 6.09 Å². The van der Waals surface area contributed by atoms with Gasteiger partial charge in [-0.15, -0.1) is 0 Å². The average Bonchev–Trinajstić information content (AvgIpc) is 2.08. The maximum atomic E-state index is 12.9. The molecular formula is C9H10FNO2. The van der Waals surface area contributed by atoms with Gasteiger partial charge in [-0.3, -0.25) is 0 Å². The van der Waals surface area contributed by atoms with Gasteiger partial charge in [-0.1, -0.05) is 18.2 Å². The van der Waals surface area contributed by atoms with E-state index in [2.05, 4.69) is 4.74 Å². The normalized spacial score (nSPS) is 9.62. The Morgan fingerprint density at radius 2 is 2.15 bits per heavy atom. The van der Waals surface area contributed by atoms with Crippen molar-refractivity contribution in [1.29, 1.82) is 0 Å². The summed E-state index contributed by atoms with van der Waals surface area (Å²) < 4.78 is 17.4. The lowest BCUT2D eigenvalue weighted by Crippen LogP contribution is -2.15. The van der Waals surface area contributed by atoms with Crippen molar-refractivity contribution in [3.05, 3.63) is 35.6 Å². The van der Waals surface area contributed by atoms with Crippen LogP contribution >= 0.6 is 0 Å². The molecule has 1 amide bonds. The van der Waals surface area contributed by atoms with Crippen LogP contribution < -0.4 is 5.73 Å². The Morgan fingerprint density at radius 3 is 2.77 bits per heavy atom. The number of primary amides is 1. The summed E-state index contributed by atoms with van der Waals surface area (Å²) in [5.74, 6) is -0.296. The predicted octanol–water partition coefficient (Wildman–Crippen LogP) is 1.46. The first kappa shape index (κ1) is 9.51. The molecule has 0 aliphatic carbocycles. The summed E-state index contributed by atoms with van der Waals surface area (Å²) in [5.41, 5.74) is 5.26. The monoisotopic (exact) mass is 183 g/mol. The number of hydrogen-bond donors (Lipinski definition) is 1. The van der Waals surface area contributed by atoms with E-state index in [0.29, 0.717) is 12.0 Å². The minimum absolute atomic E-state index is 0.107. The van der Waals surface area contributed by atoms with Crippen molar-refractivity contribution in [3.8, 4) is 0 Å². The molecule has 70 valence electrons. The molecule has 0 heterocycles. The van der Waals surface area contributed by atoms with E-state index in [9.17, 15) is 9.18 Å². The van der Waals surface area contributed by atoms with Gasteiger partial charge in [0.25, 0.3) is 0 Å². The number of benzene rings is 1. The van der Waals surface area contributed by atoms with Gasteiger partial charge in [-0.05, 0) is 11.6 Å². The minimum Gasteiger partial charge on any atom is -0.449 e. The number of carbonyl (C=O) groups is 1. The van der Waals surface area contributed by atoms with Gasteiger partial charge in [0.1, 0.15) is 5.82 Å². The quantitative estimate of drug-likeness (QED) is 0.771. The van der Waals surface area contributed by atoms with E-state index in [4.69, 9.17) is 5.73 Å². The second kappa shape index (κ2) is 4.45. The topological polar surface area (TPSA) is 52.3 Å². The van der Waals surface area contributed by atoms with Crippen molar-refractivity contribution in [2.75, 3.05) is 6.61 Å². The SMILES string of the molecule is NC(=O)OCCc1ccccc1F. The Morgan fingerprint density at radius 1 is 1.46 bits per heavy atom. The van der Waals surface area contributed by atoms with E-state index in [1.54, 1.807) is 18.2 Å². The summed E-state index contributed by atoms with van der Waals surface area (Å²) in [6, 6.07) is 6.33. The first-order valence-corrected chi connectivity index (χ1v) is 3.86. The molecule has 13 heavy (non-hydrogen) atoms. The Bertz CT molecular complexity index is 301. The molecule has 0 aromatic heterocycles. The highest BCUT2D eigenvalue weighted by atomic mass is 19.1. The number of ether oxygens (including phenoxy) is 1. The molecule has 0 aliphatic rings. The van der Waals surface area contributed by atoms with E-state index in [1.807, 2.05) is 0 Å². The van der Waals surface area contributed by atoms with Crippen LogP contribution in [0.1, 0.15) is 5.56 Å². The molecular weight excluding hydrogens is 173 g/mol. The number of hydrogen-bond acceptors (Lipinski definition) is 2. The second-order valence-corrected chi connectivity index (χ2v) is 2.51. The van der Waals surface area contributed by atoms with Crippen molar-refractivity contribution in [1.82, 2.24) is 0 Å². The maximum absolute atomic E-state index is 12.9. The van der Waals surface area contributed by atoms with Gasteiger partial charge in [0.2, 0.25) is 0 Å². The number of rotatable bonds is 3. The lowest BCUT2D eigenvalue weighted by Gasteiger charge is -2.02. The fraction of sp³-hybridized carbons (Fsp3) is 0.222. The van der Waals surface area contributed by atoms with Crippen LogP contribution in [-0.4, -0.2) is 12.7 Å². The van der Waals surface area contributed by atoms with Crippen LogP contribution in [0.2, 0.25) is 0 Å². The molecule has 3 nitrogen and oxygen atoms in total. The second-order valence-electron chi connectivity index (χ2n) is 2.51. The first-order chi connectivity index (χ1) is 6.20. The smallest absolute Gasteiger partial charge is 0.404 e. The summed E-state index contributed by atoms with van der Waals surface area (Å²) in [7, 11) is 0. The zero-order valence-corrected chi connectivity index (χ0v) is 7.00. The van der Waals surface area contributed by atoms with Gasteiger partial charge in [0.15, 0.2) is 0 Å². The fourth-order valence-corrected chi connectivity index (χ4v) is 0.963. The van der Waals surface area contributed by atoms with Gasteiger partial charge in [-0.2, -0.15) is 0 Å². The lowest BCUT2D eigenvalue weighted by atomic mass is 10.1. The molecule has 2 N–H and O–H groups in total. The van der Waals surface area contributed by atoms with Gasteiger partial charge in [0, 0.05) is 6.42 Å². The third-order valence-electron chi connectivity index (χ3n) is 1.57. The van der Waals surface area contributed by atoms with Crippen LogP contribution in [0.4, 0.5) is 9.18 Å². The number of carbonyl (C=O) groups excluding carboxylic acids is 1. The molecule has 0 unspecified atom stereocenters. The van der Waals surface area contributed by atoms with Crippen LogP contribution in [0.5, 0.6) is 0 Å². The minimum atomic E-state index is -0.837. The molecule has 1 rings (SSSR count). The predicted molar refractivity (Wildman–Crippen MR) is 45.6 cm³/mol. The van der Waals surface area contributed by atoms with Crippen molar-refractivity contribution in [2.45, 2.75) is 6.42 Å². The van der Waals surface area contributed by atoms with Gasteiger partial charge in [-0.25, -0.2) is 9.18 Å². The number of nitrogens with two attached hydrogens (primary N) is 1. The standard InChI is InChI=1S/C9H10FNO2/c10-8-4-2-1-3-7(8)5-6-13-9(11)12/h1-4H,5-6H2,(H2,11,12). The Kier molecular flexibility index (Phi) is 3.25. The first-order valence-electron chi connectivity index (χ1n) is 3.86. The molecule has 0 atom stereocenters. The molecule has 1 aromatic carbocycles. The van der Waals surface area contributed by atoms with Crippen LogP contribution in [0, 0.1) is 5.82 Å². The Balaban J connectivity index is 2.45. The van der Waals surface area contributed by atoms with Crippen LogP contribution in [0.15, 0.2) is 24.3 Å². The summed E-state index contributed by atoms with van der Waals surface area (Å²) >= 11 is 0. The highest BCUT2D eigenvalue weighted by Gasteiger charge is 2.00. The summed E-state index contributed by atoms with van der Waals surface area (Å²) in [6.07, 6.45) is -0.494. The average molecular weight is 183 g/mol. The Hall–Kier alpha value is -1.58. The summed E-state index contributed by atoms with van der Waals surface area (Å²) in [5, 5.41) is 0. The third-order valence-corrected chi connectivity index (χ3v) is 1.57. The highest BCUT2D eigenvalue weighted by molar-refractivity contribution is 5.64. The van der Waals surface area contributed by atoms with Gasteiger partial charge in [0.05, 0.1) is 6.61 Å². The van der Waals surface area contributed by atoms with E-state index in [0.717, 1.165) is 0 Å². The van der Waals surface area contributed by atoms with Crippen molar-refractivity contribution < 1.29 is 13.9 Å². The molecule has 0 saturated carbocycles. The molecule has 4 heteroatoms.